The molecule has 0 fully saturated rings. The first kappa shape index (κ1) is 12.5. The van der Waals surface area contributed by atoms with Crippen molar-refractivity contribution >= 4 is 27.5 Å². The number of carbonyl (C=O) groups excluding carboxylic acids is 1. The SMILES string of the molecule is O=C(NCc1ccncc1)c1nc2sccc2c(=O)[nH]1. The molecule has 0 aliphatic carbocycles. The number of carbonyl (C=O) groups is 1. The predicted molar refractivity (Wildman–Crippen MR) is 75.6 cm³/mol. The maximum atomic E-state index is 12.0. The topological polar surface area (TPSA) is 87.7 Å². The first-order valence-electron chi connectivity index (χ1n) is 5.88. The molecule has 3 rings (SSSR count). The quantitative estimate of drug-likeness (QED) is 0.760. The lowest BCUT2D eigenvalue weighted by Crippen LogP contribution is -2.27. The Kier molecular flexibility index (Phi) is 3.26. The van der Waals surface area contributed by atoms with Crippen molar-refractivity contribution < 1.29 is 4.79 Å². The number of nitrogens with zero attached hydrogens (tertiary/aromatic N) is 2. The largest absolute Gasteiger partial charge is 0.345 e. The minimum atomic E-state index is -0.408. The molecule has 20 heavy (non-hydrogen) atoms. The number of aromatic nitrogens is 3. The molecular formula is C13H10N4O2S. The van der Waals surface area contributed by atoms with Gasteiger partial charge >= 0.3 is 0 Å². The Hall–Kier alpha value is -2.54. The maximum absolute atomic E-state index is 12.0. The van der Waals surface area contributed by atoms with Crippen LogP contribution in [0.25, 0.3) is 10.2 Å². The van der Waals surface area contributed by atoms with E-state index in [1.807, 2.05) is 0 Å². The average Bonchev–Trinajstić information content (AvgIpc) is 2.95. The smallest absolute Gasteiger partial charge is 0.287 e. The highest BCUT2D eigenvalue weighted by Crippen LogP contribution is 2.13. The van der Waals surface area contributed by atoms with Gasteiger partial charge in [0.1, 0.15) is 4.83 Å². The second kappa shape index (κ2) is 5.22. The van der Waals surface area contributed by atoms with Crippen LogP contribution in [0, 0.1) is 0 Å². The van der Waals surface area contributed by atoms with Crippen LogP contribution in [0.1, 0.15) is 16.2 Å². The molecule has 6 nitrogen and oxygen atoms in total. The lowest BCUT2D eigenvalue weighted by atomic mass is 10.3. The number of nitrogens with one attached hydrogen (secondary N) is 2. The number of hydrogen-bond donors (Lipinski definition) is 2. The number of rotatable bonds is 3. The molecule has 0 spiro atoms. The average molecular weight is 286 g/mol. The fraction of sp³-hybridized carbons (Fsp3) is 0.0769. The van der Waals surface area contributed by atoms with Gasteiger partial charge in [-0.2, -0.15) is 0 Å². The van der Waals surface area contributed by atoms with Crippen LogP contribution in [-0.2, 0) is 6.54 Å². The van der Waals surface area contributed by atoms with Crippen molar-refractivity contribution in [3.05, 3.63) is 57.7 Å². The summed E-state index contributed by atoms with van der Waals surface area (Å²) < 4.78 is 0. The summed E-state index contributed by atoms with van der Waals surface area (Å²) in [5.41, 5.74) is 0.623. The van der Waals surface area contributed by atoms with Crippen molar-refractivity contribution in [1.29, 1.82) is 0 Å². The molecule has 0 atom stereocenters. The molecule has 0 unspecified atom stereocenters. The van der Waals surface area contributed by atoms with E-state index in [1.54, 1.807) is 36.0 Å². The monoisotopic (exact) mass is 286 g/mol. The minimum absolute atomic E-state index is 0.0269. The van der Waals surface area contributed by atoms with Crippen molar-refractivity contribution in [1.82, 2.24) is 20.3 Å². The summed E-state index contributed by atoms with van der Waals surface area (Å²) in [4.78, 5) is 34.8. The van der Waals surface area contributed by atoms with Gasteiger partial charge in [-0.3, -0.25) is 14.6 Å². The summed E-state index contributed by atoms with van der Waals surface area (Å²) in [6, 6.07) is 5.29. The molecule has 2 N–H and O–H groups in total. The van der Waals surface area contributed by atoms with E-state index in [-0.39, 0.29) is 11.4 Å². The Balaban J connectivity index is 1.80. The zero-order chi connectivity index (χ0) is 13.9. The molecule has 1 amide bonds. The Bertz CT molecular complexity index is 810. The third-order valence-corrected chi connectivity index (χ3v) is 3.56. The van der Waals surface area contributed by atoms with Gasteiger partial charge in [-0.1, -0.05) is 0 Å². The summed E-state index contributed by atoms with van der Waals surface area (Å²) in [5.74, 6) is -0.381. The summed E-state index contributed by atoms with van der Waals surface area (Å²) in [5, 5.41) is 4.97. The molecular weight excluding hydrogens is 276 g/mol. The molecule has 3 aromatic heterocycles. The van der Waals surface area contributed by atoms with Gasteiger partial charge in [0.2, 0.25) is 5.82 Å². The highest BCUT2D eigenvalue weighted by Gasteiger charge is 2.11. The molecule has 0 saturated heterocycles. The zero-order valence-corrected chi connectivity index (χ0v) is 11.1. The lowest BCUT2D eigenvalue weighted by molar-refractivity contribution is 0.0940. The molecule has 0 aromatic carbocycles. The number of amides is 1. The zero-order valence-electron chi connectivity index (χ0n) is 10.3. The maximum Gasteiger partial charge on any atom is 0.287 e. The molecule has 7 heteroatoms. The van der Waals surface area contributed by atoms with Gasteiger partial charge in [-0.15, -0.1) is 11.3 Å². The number of fused-ring (bicyclic) bond motifs is 1. The van der Waals surface area contributed by atoms with Crippen molar-refractivity contribution in [2.75, 3.05) is 0 Å². The fourth-order valence-corrected chi connectivity index (χ4v) is 2.50. The van der Waals surface area contributed by atoms with Gasteiger partial charge in [0.05, 0.1) is 5.39 Å². The molecule has 3 aromatic rings. The first-order chi connectivity index (χ1) is 9.74. The van der Waals surface area contributed by atoms with Gasteiger partial charge < -0.3 is 10.3 Å². The predicted octanol–water partition coefficient (Wildman–Crippen LogP) is 1.31. The Morgan fingerprint density at radius 3 is 2.90 bits per heavy atom. The summed E-state index contributed by atoms with van der Waals surface area (Å²) >= 11 is 1.33. The molecule has 0 bridgehead atoms. The number of aromatic amines is 1. The summed E-state index contributed by atoms with van der Waals surface area (Å²) in [6.07, 6.45) is 3.30. The van der Waals surface area contributed by atoms with Crippen LogP contribution >= 0.6 is 11.3 Å². The Labute approximate surface area is 117 Å². The van der Waals surface area contributed by atoms with Crippen LogP contribution in [0.2, 0.25) is 0 Å². The van der Waals surface area contributed by atoms with E-state index in [0.717, 1.165) is 5.56 Å². The van der Waals surface area contributed by atoms with Crippen molar-refractivity contribution in [3.63, 3.8) is 0 Å². The first-order valence-corrected chi connectivity index (χ1v) is 6.76. The lowest BCUT2D eigenvalue weighted by Gasteiger charge is -2.04. The number of H-pyrrole nitrogens is 1. The van der Waals surface area contributed by atoms with Crippen LogP contribution in [0.5, 0.6) is 0 Å². The molecule has 100 valence electrons. The van der Waals surface area contributed by atoms with E-state index < -0.39 is 5.91 Å². The third-order valence-electron chi connectivity index (χ3n) is 2.75. The normalized spacial score (nSPS) is 10.6. The van der Waals surface area contributed by atoms with Gasteiger partial charge in [0, 0.05) is 18.9 Å². The highest BCUT2D eigenvalue weighted by molar-refractivity contribution is 7.16. The van der Waals surface area contributed by atoms with Crippen LogP contribution in [-0.4, -0.2) is 20.9 Å². The van der Waals surface area contributed by atoms with Crippen molar-refractivity contribution in [3.8, 4) is 0 Å². The molecule has 0 saturated carbocycles. The van der Waals surface area contributed by atoms with E-state index >= 15 is 0 Å². The summed E-state index contributed by atoms with van der Waals surface area (Å²) in [6.45, 7) is 0.355. The van der Waals surface area contributed by atoms with Gasteiger partial charge in [-0.25, -0.2) is 4.98 Å². The van der Waals surface area contributed by atoms with Gasteiger partial charge in [0.15, 0.2) is 0 Å². The molecule has 0 aliphatic rings. The number of pyridine rings is 1. The highest BCUT2D eigenvalue weighted by atomic mass is 32.1. The van der Waals surface area contributed by atoms with Crippen molar-refractivity contribution in [2.45, 2.75) is 6.54 Å². The second-order valence-corrected chi connectivity index (χ2v) is 4.99. The fourth-order valence-electron chi connectivity index (χ4n) is 1.74. The molecule has 0 radical (unpaired) electrons. The van der Waals surface area contributed by atoms with E-state index in [2.05, 4.69) is 20.3 Å². The van der Waals surface area contributed by atoms with Crippen molar-refractivity contribution in [2.24, 2.45) is 0 Å². The van der Waals surface area contributed by atoms with Crippen LogP contribution in [0.4, 0.5) is 0 Å². The second-order valence-electron chi connectivity index (χ2n) is 4.09. The van der Waals surface area contributed by atoms with E-state index in [0.29, 0.717) is 16.8 Å². The van der Waals surface area contributed by atoms with E-state index in [4.69, 9.17) is 0 Å². The number of hydrogen-bond acceptors (Lipinski definition) is 5. The minimum Gasteiger partial charge on any atom is -0.345 e. The summed E-state index contributed by atoms with van der Waals surface area (Å²) in [7, 11) is 0. The van der Waals surface area contributed by atoms with Crippen LogP contribution in [0.3, 0.4) is 0 Å². The van der Waals surface area contributed by atoms with E-state index in [9.17, 15) is 9.59 Å². The molecule has 3 heterocycles. The van der Waals surface area contributed by atoms with Gasteiger partial charge in [0.25, 0.3) is 11.5 Å². The van der Waals surface area contributed by atoms with Gasteiger partial charge in [-0.05, 0) is 29.1 Å². The Morgan fingerprint density at radius 1 is 1.30 bits per heavy atom. The van der Waals surface area contributed by atoms with Crippen LogP contribution in [0.15, 0.2) is 40.8 Å². The number of thiophene rings is 1. The third kappa shape index (κ3) is 2.43. The van der Waals surface area contributed by atoms with Crippen LogP contribution < -0.4 is 10.9 Å². The molecule has 0 aliphatic heterocycles. The Morgan fingerprint density at radius 2 is 2.10 bits per heavy atom. The van der Waals surface area contributed by atoms with E-state index in [1.165, 1.54) is 11.3 Å². The standard InChI is InChI=1S/C13H10N4O2S/c18-11-9-3-6-20-13(9)17-10(16-11)12(19)15-7-8-1-4-14-5-2-8/h1-6H,7H2,(H,15,19)(H,16,17,18).